The SMILES string of the molecule is CC(C)(C)c1nc(N)cc(Nc2c(F)cccc2Br)n1. The summed E-state index contributed by atoms with van der Waals surface area (Å²) in [6.45, 7) is 5.97. The highest BCUT2D eigenvalue weighted by Gasteiger charge is 2.19. The van der Waals surface area contributed by atoms with E-state index in [1.54, 1.807) is 18.2 Å². The molecule has 0 aliphatic heterocycles. The first-order valence-electron chi connectivity index (χ1n) is 6.13. The minimum absolute atomic E-state index is 0.238. The Morgan fingerprint density at radius 3 is 2.55 bits per heavy atom. The van der Waals surface area contributed by atoms with Crippen molar-refractivity contribution in [1.82, 2.24) is 9.97 Å². The van der Waals surface area contributed by atoms with Gasteiger partial charge >= 0.3 is 0 Å². The molecule has 0 spiro atoms. The zero-order valence-corrected chi connectivity index (χ0v) is 13.1. The highest BCUT2D eigenvalue weighted by molar-refractivity contribution is 9.10. The van der Waals surface area contributed by atoms with Crippen molar-refractivity contribution in [3.05, 3.63) is 40.4 Å². The molecule has 1 aromatic carbocycles. The number of nitrogens with two attached hydrogens (primary N) is 1. The molecule has 2 rings (SSSR count). The summed E-state index contributed by atoms with van der Waals surface area (Å²) in [5, 5.41) is 2.94. The van der Waals surface area contributed by atoms with Gasteiger partial charge in [-0.15, -0.1) is 0 Å². The van der Waals surface area contributed by atoms with E-state index in [0.717, 1.165) is 0 Å². The zero-order valence-electron chi connectivity index (χ0n) is 11.5. The number of nitrogens with zero attached hydrogens (tertiary/aromatic N) is 2. The molecule has 0 unspecified atom stereocenters. The number of hydrogen-bond donors (Lipinski definition) is 2. The Balaban J connectivity index is 2.42. The first-order valence-corrected chi connectivity index (χ1v) is 6.93. The summed E-state index contributed by atoms with van der Waals surface area (Å²) in [5.41, 5.74) is 5.88. The van der Waals surface area contributed by atoms with Crippen LogP contribution in [0.15, 0.2) is 28.7 Å². The van der Waals surface area contributed by atoms with Gasteiger partial charge in [0.25, 0.3) is 0 Å². The van der Waals surface area contributed by atoms with Gasteiger partial charge in [-0.25, -0.2) is 14.4 Å². The largest absolute Gasteiger partial charge is 0.384 e. The predicted molar refractivity (Wildman–Crippen MR) is 82.5 cm³/mol. The molecule has 1 aromatic heterocycles. The van der Waals surface area contributed by atoms with E-state index in [0.29, 0.717) is 27.6 Å². The van der Waals surface area contributed by atoms with E-state index in [2.05, 4.69) is 31.2 Å². The van der Waals surface area contributed by atoms with E-state index in [1.807, 2.05) is 20.8 Å². The monoisotopic (exact) mass is 338 g/mol. The Bertz CT molecular complexity index is 617. The summed E-state index contributed by atoms with van der Waals surface area (Å²) < 4.78 is 14.4. The number of hydrogen-bond acceptors (Lipinski definition) is 4. The number of rotatable bonds is 2. The minimum Gasteiger partial charge on any atom is -0.384 e. The fraction of sp³-hybridized carbons (Fsp3) is 0.286. The molecule has 0 amide bonds. The molecule has 0 aliphatic carbocycles. The van der Waals surface area contributed by atoms with Crippen LogP contribution in [0.1, 0.15) is 26.6 Å². The molecule has 0 saturated heterocycles. The third kappa shape index (κ3) is 3.25. The van der Waals surface area contributed by atoms with Crippen LogP contribution in [0.25, 0.3) is 0 Å². The lowest BCUT2D eigenvalue weighted by atomic mass is 9.96. The molecule has 0 aliphatic rings. The molecule has 0 saturated carbocycles. The van der Waals surface area contributed by atoms with Crippen LogP contribution in [0, 0.1) is 5.82 Å². The van der Waals surface area contributed by atoms with Crippen molar-refractivity contribution >= 4 is 33.3 Å². The summed E-state index contributed by atoms with van der Waals surface area (Å²) >= 11 is 3.30. The van der Waals surface area contributed by atoms with Gasteiger partial charge < -0.3 is 11.1 Å². The maximum atomic E-state index is 13.8. The van der Waals surface area contributed by atoms with Crippen LogP contribution in [0.2, 0.25) is 0 Å². The number of nitrogen functional groups attached to an aromatic ring is 1. The topological polar surface area (TPSA) is 63.8 Å². The van der Waals surface area contributed by atoms with Gasteiger partial charge in [-0.2, -0.15) is 0 Å². The van der Waals surface area contributed by atoms with Crippen LogP contribution in [0.3, 0.4) is 0 Å². The summed E-state index contributed by atoms with van der Waals surface area (Å²) in [7, 11) is 0. The smallest absolute Gasteiger partial charge is 0.147 e. The first-order chi connectivity index (χ1) is 9.27. The first kappa shape index (κ1) is 14.7. The minimum atomic E-state index is -0.367. The third-order valence-electron chi connectivity index (χ3n) is 2.63. The number of aromatic nitrogens is 2. The third-order valence-corrected chi connectivity index (χ3v) is 3.29. The van der Waals surface area contributed by atoms with Gasteiger partial charge in [-0.05, 0) is 28.1 Å². The molecule has 0 atom stereocenters. The van der Waals surface area contributed by atoms with E-state index in [-0.39, 0.29) is 11.2 Å². The molecule has 3 N–H and O–H groups in total. The average molecular weight is 339 g/mol. The Morgan fingerprint density at radius 2 is 1.95 bits per heavy atom. The molecule has 0 fully saturated rings. The van der Waals surface area contributed by atoms with Crippen LogP contribution in [-0.4, -0.2) is 9.97 Å². The van der Waals surface area contributed by atoms with Crippen LogP contribution < -0.4 is 11.1 Å². The maximum absolute atomic E-state index is 13.8. The Morgan fingerprint density at radius 1 is 1.25 bits per heavy atom. The fourth-order valence-electron chi connectivity index (χ4n) is 1.61. The molecule has 4 nitrogen and oxygen atoms in total. The van der Waals surface area contributed by atoms with Crippen LogP contribution in [0.5, 0.6) is 0 Å². The Kier molecular flexibility index (Phi) is 3.94. The number of nitrogens with one attached hydrogen (secondary N) is 1. The van der Waals surface area contributed by atoms with Gasteiger partial charge in [0.2, 0.25) is 0 Å². The summed E-state index contributed by atoms with van der Waals surface area (Å²) in [6, 6.07) is 6.33. The van der Waals surface area contributed by atoms with Gasteiger partial charge in [0.1, 0.15) is 23.3 Å². The van der Waals surface area contributed by atoms with E-state index >= 15 is 0 Å². The lowest BCUT2D eigenvalue weighted by Gasteiger charge is -2.18. The average Bonchev–Trinajstić information content (AvgIpc) is 2.32. The van der Waals surface area contributed by atoms with Crippen molar-refractivity contribution in [2.75, 3.05) is 11.1 Å². The Hall–Kier alpha value is -1.69. The van der Waals surface area contributed by atoms with Crippen molar-refractivity contribution in [3.63, 3.8) is 0 Å². The second kappa shape index (κ2) is 5.36. The second-order valence-corrected chi connectivity index (χ2v) is 6.33. The molecule has 0 bridgehead atoms. The van der Waals surface area contributed by atoms with Crippen LogP contribution in [-0.2, 0) is 5.41 Å². The van der Waals surface area contributed by atoms with Crippen LogP contribution >= 0.6 is 15.9 Å². The number of anilines is 3. The van der Waals surface area contributed by atoms with Gasteiger partial charge in [-0.1, -0.05) is 26.8 Å². The van der Waals surface area contributed by atoms with Crippen molar-refractivity contribution in [3.8, 4) is 0 Å². The van der Waals surface area contributed by atoms with Crippen LogP contribution in [0.4, 0.5) is 21.7 Å². The lowest BCUT2D eigenvalue weighted by molar-refractivity contribution is 0.547. The molecular formula is C14H16BrFN4. The van der Waals surface area contributed by atoms with Crippen molar-refractivity contribution in [1.29, 1.82) is 0 Å². The standard InChI is InChI=1S/C14H16BrFN4/c1-14(2,3)13-18-10(17)7-11(20-13)19-12-8(15)5-4-6-9(12)16/h4-7H,1-3H3,(H3,17,18,19,20). The quantitative estimate of drug-likeness (QED) is 0.868. The highest BCUT2D eigenvalue weighted by Crippen LogP contribution is 2.29. The Labute approximate surface area is 125 Å². The summed E-state index contributed by atoms with van der Waals surface area (Å²) in [5.74, 6) is 1.05. The fourth-order valence-corrected chi connectivity index (χ4v) is 2.05. The molecule has 2 aromatic rings. The van der Waals surface area contributed by atoms with E-state index in [4.69, 9.17) is 5.73 Å². The molecular weight excluding hydrogens is 323 g/mol. The normalized spacial score (nSPS) is 11.4. The maximum Gasteiger partial charge on any atom is 0.147 e. The van der Waals surface area contributed by atoms with E-state index in [1.165, 1.54) is 6.07 Å². The van der Waals surface area contributed by atoms with Gasteiger partial charge in [-0.3, -0.25) is 0 Å². The van der Waals surface area contributed by atoms with Crippen molar-refractivity contribution in [2.24, 2.45) is 0 Å². The molecule has 20 heavy (non-hydrogen) atoms. The molecule has 106 valence electrons. The van der Waals surface area contributed by atoms with Gasteiger partial charge in [0, 0.05) is 16.0 Å². The van der Waals surface area contributed by atoms with E-state index < -0.39 is 0 Å². The molecule has 6 heteroatoms. The van der Waals surface area contributed by atoms with E-state index in [9.17, 15) is 4.39 Å². The molecule has 0 radical (unpaired) electrons. The number of halogens is 2. The predicted octanol–water partition coefficient (Wildman–Crippen LogP) is 4.00. The highest BCUT2D eigenvalue weighted by atomic mass is 79.9. The molecule has 1 heterocycles. The van der Waals surface area contributed by atoms with Crippen molar-refractivity contribution < 1.29 is 4.39 Å². The zero-order chi connectivity index (χ0) is 14.9. The number of benzene rings is 1. The van der Waals surface area contributed by atoms with Gasteiger partial charge in [0.05, 0.1) is 5.69 Å². The summed E-state index contributed by atoms with van der Waals surface area (Å²) in [6.07, 6.45) is 0. The second-order valence-electron chi connectivity index (χ2n) is 5.47. The van der Waals surface area contributed by atoms with Gasteiger partial charge in [0.15, 0.2) is 0 Å². The number of para-hydroxylation sites is 1. The summed E-state index contributed by atoms with van der Waals surface area (Å²) in [4.78, 5) is 8.61. The lowest BCUT2D eigenvalue weighted by Crippen LogP contribution is -2.17. The van der Waals surface area contributed by atoms with Crippen molar-refractivity contribution in [2.45, 2.75) is 26.2 Å².